The Morgan fingerprint density at radius 1 is 1.10 bits per heavy atom. The zero-order valence-electron chi connectivity index (χ0n) is 16.5. The summed E-state index contributed by atoms with van der Waals surface area (Å²) in [5.74, 6) is -2.65. The number of alkyl halides is 2. The Labute approximate surface area is 176 Å². The van der Waals surface area contributed by atoms with E-state index in [1.54, 1.807) is 29.4 Å². The van der Waals surface area contributed by atoms with Crippen LogP contribution in [0.15, 0.2) is 56.1 Å². The molecule has 0 amide bonds. The molecular formula is C21H20F3N7. The molecule has 0 unspecified atom stereocenters. The van der Waals surface area contributed by atoms with Crippen molar-refractivity contribution in [1.82, 2.24) is 20.2 Å². The lowest BCUT2D eigenvalue weighted by Crippen LogP contribution is -2.25. The van der Waals surface area contributed by atoms with Gasteiger partial charge in [0, 0.05) is 30.4 Å². The largest absolute Gasteiger partial charge is 0.353 e. The van der Waals surface area contributed by atoms with Crippen LogP contribution in [0.3, 0.4) is 0 Å². The molecule has 0 aromatic carbocycles. The third kappa shape index (κ3) is 4.68. The predicted molar refractivity (Wildman–Crippen MR) is 114 cm³/mol. The molecule has 1 saturated heterocycles. The Morgan fingerprint density at radius 2 is 1.94 bits per heavy atom. The number of aromatic amines is 1. The maximum atomic E-state index is 13.4. The summed E-state index contributed by atoms with van der Waals surface area (Å²) in [5, 5.41) is 13.0. The molecule has 10 heteroatoms. The van der Waals surface area contributed by atoms with E-state index in [4.69, 9.17) is 0 Å². The molecule has 1 aliphatic rings. The summed E-state index contributed by atoms with van der Waals surface area (Å²) in [5.41, 5.74) is 3.21. The summed E-state index contributed by atoms with van der Waals surface area (Å²) in [6, 6.07) is 4.74. The van der Waals surface area contributed by atoms with Crippen molar-refractivity contribution in [1.29, 1.82) is 0 Å². The van der Waals surface area contributed by atoms with Crippen LogP contribution in [0.1, 0.15) is 17.7 Å². The standard InChI is InChI=1S/C21H20F3N7/c1-13(15-7-16(22)9-25-8-15)29-18-11-27-30-20(18)14(2)28-17-3-4-19(26-10-17)31-6-5-21(23,24)12-31/h3-4,7-11,28-29H,1-2,5-6,12H2,(H,27,30). The van der Waals surface area contributed by atoms with Gasteiger partial charge in [-0.3, -0.25) is 10.1 Å². The lowest BCUT2D eigenvalue weighted by molar-refractivity contribution is 0.0256. The minimum atomic E-state index is -2.68. The first-order valence-electron chi connectivity index (χ1n) is 9.46. The van der Waals surface area contributed by atoms with Gasteiger partial charge in [-0.2, -0.15) is 5.10 Å². The molecule has 0 spiro atoms. The highest BCUT2D eigenvalue weighted by Gasteiger charge is 2.38. The maximum Gasteiger partial charge on any atom is 0.266 e. The fraction of sp³-hybridized carbons (Fsp3) is 0.190. The van der Waals surface area contributed by atoms with Gasteiger partial charge in [0.05, 0.1) is 42.2 Å². The van der Waals surface area contributed by atoms with E-state index in [2.05, 4.69) is 44.0 Å². The Morgan fingerprint density at radius 3 is 2.61 bits per heavy atom. The van der Waals surface area contributed by atoms with E-state index in [9.17, 15) is 13.2 Å². The highest BCUT2D eigenvalue weighted by Crippen LogP contribution is 2.30. The molecule has 0 aliphatic carbocycles. The number of rotatable bonds is 7. The molecule has 3 aromatic heterocycles. The van der Waals surface area contributed by atoms with Gasteiger partial charge >= 0.3 is 0 Å². The second-order valence-corrected chi connectivity index (χ2v) is 7.19. The molecule has 4 rings (SSSR count). The van der Waals surface area contributed by atoms with Gasteiger partial charge in [-0.05, 0) is 18.2 Å². The van der Waals surface area contributed by atoms with Gasteiger partial charge in [-0.25, -0.2) is 18.2 Å². The van der Waals surface area contributed by atoms with Crippen LogP contribution < -0.4 is 15.5 Å². The van der Waals surface area contributed by atoms with Gasteiger partial charge in [0.1, 0.15) is 17.3 Å². The number of nitrogens with one attached hydrogen (secondary N) is 3. The minimum Gasteiger partial charge on any atom is -0.353 e. The van der Waals surface area contributed by atoms with E-state index in [0.717, 1.165) is 6.20 Å². The number of pyridine rings is 2. The van der Waals surface area contributed by atoms with Crippen molar-refractivity contribution < 1.29 is 13.2 Å². The van der Waals surface area contributed by atoms with E-state index in [1.165, 1.54) is 12.3 Å². The first-order valence-corrected chi connectivity index (χ1v) is 9.46. The molecule has 4 heterocycles. The summed E-state index contributed by atoms with van der Waals surface area (Å²) in [6.45, 7) is 7.86. The van der Waals surface area contributed by atoms with Crippen LogP contribution >= 0.6 is 0 Å². The van der Waals surface area contributed by atoms with Crippen LogP contribution in [-0.2, 0) is 0 Å². The smallest absolute Gasteiger partial charge is 0.266 e. The third-order valence-electron chi connectivity index (χ3n) is 4.82. The first kappa shape index (κ1) is 20.5. The number of nitrogens with zero attached hydrogens (tertiary/aromatic N) is 4. The van der Waals surface area contributed by atoms with E-state index >= 15 is 0 Å². The van der Waals surface area contributed by atoms with Crippen LogP contribution in [0.25, 0.3) is 11.4 Å². The lowest BCUT2D eigenvalue weighted by atomic mass is 10.2. The maximum absolute atomic E-state index is 13.4. The minimum absolute atomic E-state index is 0.169. The SMILES string of the molecule is C=C(Nc1cn[nH]c1C(=C)Nc1ccc(N2CCC(F)(F)C2)nc1)c1cncc(F)c1. The van der Waals surface area contributed by atoms with Crippen molar-refractivity contribution >= 4 is 28.6 Å². The van der Waals surface area contributed by atoms with Crippen LogP contribution in [-0.4, -0.2) is 39.2 Å². The molecule has 0 atom stereocenters. The van der Waals surface area contributed by atoms with Gasteiger partial charge in [-0.15, -0.1) is 0 Å². The summed E-state index contributed by atoms with van der Waals surface area (Å²) in [6.07, 6.45) is 5.54. The lowest BCUT2D eigenvalue weighted by Gasteiger charge is -2.17. The van der Waals surface area contributed by atoms with Crippen molar-refractivity contribution in [3.63, 3.8) is 0 Å². The average molecular weight is 427 g/mol. The van der Waals surface area contributed by atoms with Crippen molar-refractivity contribution in [2.24, 2.45) is 0 Å². The highest BCUT2D eigenvalue weighted by atomic mass is 19.3. The van der Waals surface area contributed by atoms with Gasteiger partial charge in [0.15, 0.2) is 0 Å². The molecule has 160 valence electrons. The zero-order valence-corrected chi connectivity index (χ0v) is 16.5. The first-order chi connectivity index (χ1) is 14.8. The highest BCUT2D eigenvalue weighted by molar-refractivity contribution is 5.84. The molecule has 0 bridgehead atoms. The molecular weight excluding hydrogens is 407 g/mol. The van der Waals surface area contributed by atoms with E-state index in [0.29, 0.717) is 39.8 Å². The molecule has 3 N–H and O–H groups in total. The fourth-order valence-corrected chi connectivity index (χ4v) is 3.24. The van der Waals surface area contributed by atoms with E-state index in [-0.39, 0.29) is 19.5 Å². The topological polar surface area (TPSA) is 81.8 Å². The van der Waals surface area contributed by atoms with Gasteiger partial charge < -0.3 is 15.5 Å². The number of hydrogen-bond acceptors (Lipinski definition) is 6. The summed E-state index contributed by atoms with van der Waals surface area (Å²) < 4.78 is 40.2. The fourth-order valence-electron chi connectivity index (χ4n) is 3.24. The Kier molecular flexibility index (Phi) is 5.37. The van der Waals surface area contributed by atoms with Gasteiger partial charge in [-0.1, -0.05) is 13.2 Å². The second-order valence-electron chi connectivity index (χ2n) is 7.19. The third-order valence-corrected chi connectivity index (χ3v) is 4.82. The Balaban J connectivity index is 1.42. The second kappa shape index (κ2) is 8.13. The summed E-state index contributed by atoms with van der Waals surface area (Å²) in [7, 11) is 0. The molecule has 1 aliphatic heterocycles. The predicted octanol–water partition coefficient (Wildman–Crippen LogP) is 4.35. The van der Waals surface area contributed by atoms with Crippen LogP contribution in [0.5, 0.6) is 0 Å². The van der Waals surface area contributed by atoms with E-state index in [1.807, 2.05) is 0 Å². The number of hydrogen-bond donors (Lipinski definition) is 3. The Bertz CT molecular complexity index is 1110. The summed E-state index contributed by atoms with van der Waals surface area (Å²) >= 11 is 0. The van der Waals surface area contributed by atoms with Crippen molar-refractivity contribution in [2.45, 2.75) is 12.3 Å². The van der Waals surface area contributed by atoms with Crippen LogP contribution in [0, 0.1) is 5.82 Å². The molecule has 31 heavy (non-hydrogen) atoms. The van der Waals surface area contributed by atoms with E-state index < -0.39 is 11.7 Å². The molecule has 3 aromatic rings. The number of H-pyrrole nitrogens is 1. The molecule has 7 nitrogen and oxygen atoms in total. The normalized spacial score (nSPS) is 15.0. The van der Waals surface area contributed by atoms with Crippen LogP contribution in [0.4, 0.5) is 30.4 Å². The van der Waals surface area contributed by atoms with Crippen LogP contribution in [0.2, 0.25) is 0 Å². The molecule has 0 saturated carbocycles. The monoisotopic (exact) mass is 427 g/mol. The summed E-state index contributed by atoms with van der Waals surface area (Å²) in [4.78, 5) is 9.64. The zero-order chi connectivity index (χ0) is 22.0. The Hall–Kier alpha value is -3.82. The van der Waals surface area contributed by atoms with Gasteiger partial charge in [0.2, 0.25) is 0 Å². The number of aromatic nitrogens is 4. The van der Waals surface area contributed by atoms with Gasteiger partial charge in [0.25, 0.3) is 5.92 Å². The number of halogens is 3. The average Bonchev–Trinajstić information content (AvgIpc) is 3.34. The van der Waals surface area contributed by atoms with Crippen molar-refractivity contribution in [3.8, 4) is 0 Å². The quantitative estimate of drug-likeness (QED) is 0.520. The molecule has 0 radical (unpaired) electrons. The number of anilines is 3. The molecule has 1 fully saturated rings. The van der Waals surface area contributed by atoms with Crippen molar-refractivity contribution in [2.75, 3.05) is 28.6 Å². The van der Waals surface area contributed by atoms with Crippen molar-refractivity contribution in [3.05, 3.63) is 73.2 Å².